The van der Waals surface area contributed by atoms with E-state index in [1.807, 2.05) is 0 Å². The van der Waals surface area contributed by atoms with Crippen molar-refractivity contribution in [3.63, 3.8) is 0 Å². The lowest BCUT2D eigenvalue weighted by atomic mass is 9.84. The van der Waals surface area contributed by atoms with Gasteiger partial charge in [-0.2, -0.15) is 5.10 Å². The highest BCUT2D eigenvalue weighted by Crippen LogP contribution is 2.44. The number of piperidine rings is 1. The number of aromatic nitrogens is 2. The van der Waals surface area contributed by atoms with E-state index in [2.05, 4.69) is 10.2 Å². The van der Waals surface area contributed by atoms with Gasteiger partial charge in [0.05, 0.1) is 11.7 Å². The van der Waals surface area contributed by atoms with Gasteiger partial charge >= 0.3 is 0 Å². The van der Waals surface area contributed by atoms with Crippen molar-refractivity contribution in [3.05, 3.63) is 28.9 Å². The monoisotopic (exact) mass is 397 g/mol. The van der Waals surface area contributed by atoms with Crippen LogP contribution < -0.4 is 0 Å². The van der Waals surface area contributed by atoms with E-state index in [0.29, 0.717) is 36.3 Å². The highest BCUT2D eigenvalue weighted by Gasteiger charge is 2.49. The number of hydrogen-bond donors (Lipinski definition) is 2. The molecular formula is C19H22ClF2N3O2. The van der Waals surface area contributed by atoms with Crippen molar-refractivity contribution in [1.29, 1.82) is 0 Å². The lowest BCUT2D eigenvalue weighted by Gasteiger charge is -2.38. The number of halogens is 3. The number of carbonyl (C=O) groups excluding carboxylic acids is 1. The maximum Gasteiger partial charge on any atom is 0.280 e. The molecule has 8 heteroatoms. The minimum atomic E-state index is -3.33. The number of amides is 1. The highest BCUT2D eigenvalue weighted by atomic mass is 35.5. The molecule has 0 bridgehead atoms. The fourth-order valence-corrected chi connectivity index (χ4v) is 4.14. The number of aromatic amines is 1. The van der Waals surface area contributed by atoms with Gasteiger partial charge in [0, 0.05) is 41.4 Å². The number of hydrogen-bond acceptors (Lipinski definition) is 3. The zero-order valence-corrected chi connectivity index (χ0v) is 15.6. The molecule has 1 saturated heterocycles. The molecule has 2 fully saturated rings. The Bertz CT molecular complexity index is 845. The number of carbonyl (C=O) groups is 1. The first-order chi connectivity index (χ1) is 12.9. The van der Waals surface area contributed by atoms with Crippen LogP contribution in [0.25, 0.3) is 10.9 Å². The Labute approximate surface area is 160 Å². The van der Waals surface area contributed by atoms with Gasteiger partial charge in [0.15, 0.2) is 0 Å². The van der Waals surface area contributed by atoms with Gasteiger partial charge in [-0.15, -0.1) is 0 Å². The Kier molecular flexibility index (Phi) is 4.84. The van der Waals surface area contributed by atoms with Crippen LogP contribution in [-0.2, 0) is 4.79 Å². The lowest BCUT2D eigenvalue weighted by molar-refractivity contribution is -0.164. The number of alkyl halides is 2. The number of aliphatic hydroxyl groups excluding tert-OH is 1. The van der Waals surface area contributed by atoms with Gasteiger partial charge in [-0.3, -0.25) is 9.89 Å². The summed E-state index contributed by atoms with van der Waals surface area (Å²) in [4.78, 5) is 13.9. The lowest BCUT2D eigenvalue weighted by Crippen LogP contribution is -2.45. The standard InChI is InChI=1S/C19H22ClF2N3O2/c20-14-8-12-10-23-24-17(12)15(9-14)18(27)19(21,22)13-3-5-25(6-4-13)16(26)7-11-1-2-11/h8-11,13,18,27H,1-7H2,(H,23,24). The molecule has 2 N–H and O–H groups in total. The van der Waals surface area contributed by atoms with Crippen molar-refractivity contribution in [3.8, 4) is 0 Å². The SMILES string of the molecule is O=C(CC1CC1)N1CCC(C(F)(F)C(O)c2cc(Cl)cc3cn[nH]c23)CC1. The van der Waals surface area contributed by atoms with Crippen molar-refractivity contribution in [2.45, 2.75) is 44.1 Å². The van der Waals surface area contributed by atoms with Crippen LogP contribution in [0.15, 0.2) is 18.3 Å². The van der Waals surface area contributed by atoms with Gasteiger partial charge < -0.3 is 10.0 Å². The minimum absolute atomic E-state index is 0.0484. The number of nitrogens with zero attached hydrogens (tertiary/aromatic N) is 2. The van der Waals surface area contributed by atoms with Crippen LogP contribution in [-0.4, -0.2) is 45.1 Å². The van der Waals surface area contributed by atoms with Gasteiger partial charge in [-0.1, -0.05) is 11.6 Å². The molecule has 1 atom stereocenters. The van der Waals surface area contributed by atoms with Crippen molar-refractivity contribution < 1.29 is 18.7 Å². The van der Waals surface area contributed by atoms with Gasteiger partial charge in [-0.25, -0.2) is 8.78 Å². The summed E-state index contributed by atoms with van der Waals surface area (Å²) < 4.78 is 30.1. The zero-order chi connectivity index (χ0) is 19.2. The van der Waals surface area contributed by atoms with Crippen LogP contribution >= 0.6 is 11.6 Å². The molecule has 1 unspecified atom stereocenters. The van der Waals surface area contributed by atoms with Crippen LogP contribution in [0.2, 0.25) is 5.02 Å². The summed E-state index contributed by atoms with van der Waals surface area (Å²) in [5, 5.41) is 17.9. The van der Waals surface area contributed by atoms with Crippen LogP contribution in [0, 0.1) is 11.8 Å². The molecule has 1 aromatic heterocycles. The third kappa shape index (κ3) is 3.67. The van der Waals surface area contributed by atoms with E-state index >= 15 is 8.78 Å². The zero-order valence-electron chi connectivity index (χ0n) is 14.8. The predicted molar refractivity (Wildman–Crippen MR) is 97.7 cm³/mol. The number of H-pyrrole nitrogens is 1. The smallest absolute Gasteiger partial charge is 0.280 e. The number of rotatable bonds is 5. The largest absolute Gasteiger partial charge is 0.382 e. The molecular weight excluding hydrogens is 376 g/mol. The summed E-state index contributed by atoms with van der Waals surface area (Å²) >= 11 is 6.02. The van der Waals surface area contributed by atoms with Crippen molar-refractivity contribution in [2.75, 3.05) is 13.1 Å². The predicted octanol–water partition coefficient (Wildman–Crippen LogP) is 3.92. The van der Waals surface area contributed by atoms with E-state index < -0.39 is 17.9 Å². The first-order valence-corrected chi connectivity index (χ1v) is 9.70. The van der Waals surface area contributed by atoms with E-state index in [9.17, 15) is 9.90 Å². The van der Waals surface area contributed by atoms with Crippen LogP contribution in [0.1, 0.15) is 43.8 Å². The molecule has 1 aliphatic carbocycles. The fourth-order valence-electron chi connectivity index (χ4n) is 3.91. The second-order valence-corrected chi connectivity index (χ2v) is 8.15. The van der Waals surface area contributed by atoms with Crippen molar-refractivity contribution >= 4 is 28.4 Å². The molecule has 4 rings (SSSR count). The van der Waals surface area contributed by atoms with E-state index in [1.54, 1.807) is 11.0 Å². The molecule has 0 spiro atoms. The number of nitrogens with one attached hydrogen (secondary N) is 1. The maximum absolute atomic E-state index is 15.1. The Hall–Kier alpha value is -1.73. The molecule has 2 heterocycles. The maximum atomic E-state index is 15.1. The van der Waals surface area contributed by atoms with E-state index in [4.69, 9.17) is 11.6 Å². The Morgan fingerprint density at radius 1 is 1.33 bits per heavy atom. The summed E-state index contributed by atoms with van der Waals surface area (Å²) in [6.07, 6.45) is 2.56. The van der Waals surface area contributed by atoms with Crippen molar-refractivity contribution in [2.24, 2.45) is 11.8 Å². The molecule has 1 aliphatic heterocycles. The average molecular weight is 398 g/mol. The van der Waals surface area contributed by atoms with Gasteiger partial charge in [0.2, 0.25) is 5.91 Å². The minimum Gasteiger partial charge on any atom is -0.382 e. The van der Waals surface area contributed by atoms with Gasteiger partial charge in [-0.05, 0) is 43.7 Å². The molecule has 1 amide bonds. The Morgan fingerprint density at radius 2 is 2.04 bits per heavy atom. The van der Waals surface area contributed by atoms with Gasteiger partial charge in [0.1, 0.15) is 6.10 Å². The Balaban J connectivity index is 1.47. The summed E-state index contributed by atoms with van der Waals surface area (Å²) in [5.74, 6) is -3.77. The summed E-state index contributed by atoms with van der Waals surface area (Å²) in [7, 11) is 0. The van der Waals surface area contributed by atoms with Gasteiger partial charge in [0.25, 0.3) is 5.92 Å². The summed E-state index contributed by atoms with van der Waals surface area (Å²) in [6.45, 7) is 0.626. The van der Waals surface area contributed by atoms with E-state index in [1.165, 1.54) is 12.3 Å². The topological polar surface area (TPSA) is 69.2 Å². The first kappa shape index (κ1) is 18.6. The first-order valence-electron chi connectivity index (χ1n) is 9.32. The van der Waals surface area contributed by atoms with Crippen LogP contribution in [0.5, 0.6) is 0 Å². The van der Waals surface area contributed by atoms with E-state index in [-0.39, 0.29) is 29.3 Å². The average Bonchev–Trinajstić information content (AvgIpc) is 3.34. The number of benzene rings is 1. The number of aliphatic hydroxyl groups is 1. The Morgan fingerprint density at radius 3 is 2.70 bits per heavy atom. The highest BCUT2D eigenvalue weighted by molar-refractivity contribution is 6.31. The van der Waals surface area contributed by atoms with Crippen molar-refractivity contribution in [1.82, 2.24) is 15.1 Å². The quantitative estimate of drug-likeness (QED) is 0.803. The third-order valence-corrected chi connectivity index (χ3v) is 5.97. The number of likely N-dealkylation sites (tertiary alicyclic amines) is 1. The fraction of sp³-hybridized carbons (Fsp3) is 0.579. The van der Waals surface area contributed by atoms with E-state index in [0.717, 1.165) is 12.8 Å². The van der Waals surface area contributed by atoms with Crippen LogP contribution in [0.4, 0.5) is 8.78 Å². The summed E-state index contributed by atoms with van der Waals surface area (Å²) in [5.41, 5.74) is 0.413. The molecule has 2 aromatic rings. The van der Waals surface area contributed by atoms with Crippen LogP contribution in [0.3, 0.4) is 0 Å². The normalized spacial score (nSPS) is 20.2. The molecule has 2 aliphatic rings. The molecule has 146 valence electrons. The third-order valence-electron chi connectivity index (χ3n) is 5.76. The summed E-state index contributed by atoms with van der Waals surface area (Å²) in [6, 6.07) is 2.97. The second-order valence-electron chi connectivity index (χ2n) is 7.71. The molecule has 1 saturated carbocycles. The molecule has 5 nitrogen and oxygen atoms in total. The second kappa shape index (κ2) is 7.02. The molecule has 1 aromatic carbocycles. The molecule has 0 radical (unpaired) electrons. The molecule has 27 heavy (non-hydrogen) atoms. The number of fused-ring (bicyclic) bond motifs is 1.